The number of fused-ring (bicyclic) bond motifs is 1. The zero-order valence-corrected chi connectivity index (χ0v) is 13.5. The first-order chi connectivity index (χ1) is 10.2. The first-order valence-electron chi connectivity index (χ1n) is 8.39. The summed E-state index contributed by atoms with van der Waals surface area (Å²) >= 11 is 0. The summed E-state index contributed by atoms with van der Waals surface area (Å²) in [5.74, 6) is 0. The Kier molecular flexibility index (Phi) is 4.63. The van der Waals surface area contributed by atoms with Gasteiger partial charge in [0.15, 0.2) is 0 Å². The second-order valence-electron chi connectivity index (χ2n) is 6.61. The molecule has 116 valence electrons. The van der Waals surface area contributed by atoms with Crippen molar-refractivity contribution in [3.8, 4) is 0 Å². The van der Waals surface area contributed by atoms with Crippen LogP contribution >= 0.6 is 0 Å². The number of rotatable bonds is 4. The van der Waals surface area contributed by atoms with Crippen molar-refractivity contribution in [2.75, 3.05) is 19.6 Å². The van der Waals surface area contributed by atoms with Gasteiger partial charge in [-0.3, -0.25) is 4.90 Å². The lowest BCUT2D eigenvalue weighted by Gasteiger charge is -2.41. The summed E-state index contributed by atoms with van der Waals surface area (Å²) in [6, 6.07) is 9.98. The molecule has 0 amide bonds. The van der Waals surface area contributed by atoms with E-state index >= 15 is 0 Å². The van der Waals surface area contributed by atoms with Crippen molar-refractivity contribution >= 4 is 0 Å². The molecule has 3 rings (SSSR count). The van der Waals surface area contributed by atoms with Crippen LogP contribution in [0.2, 0.25) is 0 Å². The average molecular weight is 288 g/mol. The number of benzene rings is 1. The molecule has 0 saturated carbocycles. The topological polar surface area (TPSA) is 24.5 Å². The quantitative estimate of drug-likeness (QED) is 0.922. The van der Waals surface area contributed by atoms with Gasteiger partial charge < -0.3 is 10.1 Å². The zero-order valence-electron chi connectivity index (χ0n) is 13.5. The van der Waals surface area contributed by atoms with E-state index in [1.54, 1.807) is 0 Å². The molecule has 2 aliphatic rings. The van der Waals surface area contributed by atoms with Crippen LogP contribution in [0, 0.1) is 0 Å². The lowest BCUT2D eigenvalue weighted by atomic mass is 10.0. The number of morpholine rings is 1. The van der Waals surface area contributed by atoms with Crippen molar-refractivity contribution in [2.45, 2.75) is 57.9 Å². The van der Waals surface area contributed by atoms with Gasteiger partial charge in [0.25, 0.3) is 0 Å². The summed E-state index contributed by atoms with van der Waals surface area (Å²) in [6.07, 6.45) is 3.02. The highest BCUT2D eigenvalue weighted by molar-refractivity contribution is 5.37. The molecule has 0 aromatic heterocycles. The number of hydrogen-bond acceptors (Lipinski definition) is 3. The van der Waals surface area contributed by atoms with E-state index in [1.807, 2.05) is 0 Å². The summed E-state index contributed by atoms with van der Waals surface area (Å²) in [5, 5.41) is 3.78. The molecule has 1 heterocycles. The maximum Gasteiger partial charge on any atom is 0.0678 e. The monoisotopic (exact) mass is 288 g/mol. The highest BCUT2D eigenvalue weighted by Crippen LogP contribution is 2.35. The van der Waals surface area contributed by atoms with E-state index in [4.69, 9.17) is 4.74 Å². The Labute approximate surface area is 128 Å². The van der Waals surface area contributed by atoms with E-state index in [2.05, 4.69) is 55.3 Å². The lowest BCUT2D eigenvalue weighted by Crippen LogP contribution is -2.53. The Balaban J connectivity index is 1.80. The Morgan fingerprint density at radius 2 is 1.90 bits per heavy atom. The van der Waals surface area contributed by atoms with Crippen LogP contribution in [0.1, 0.15) is 44.4 Å². The summed E-state index contributed by atoms with van der Waals surface area (Å²) in [5.41, 5.74) is 3.02. The standard InChI is InChI=1S/C18H28N2O/c1-4-9-19-18-16-8-6-5-7-15(16)10-17(18)20-11-13(2)21-14(3)12-20/h5-8,13-14,17-19H,4,9-12H2,1-3H3. The third kappa shape index (κ3) is 3.15. The lowest BCUT2D eigenvalue weighted by molar-refractivity contribution is -0.0830. The van der Waals surface area contributed by atoms with Gasteiger partial charge in [-0.1, -0.05) is 31.2 Å². The molecular formula is C18H28N2O. The van der Waals surface area contributed by atoms with Gasteiger partial charge in [-0.15, -0.1) is 0 Å². The first kappa shape index (κ1) is 15.0. The zero-order chi connectivity index (χ0) is 14.8. The molecule has 1 saturated heterocycles. The highest BCUT2D eigenvalue weighted by atomic mass is 16.5. The predicted octanol–water partition coefficient (Wildman–Crippen LogP) is 2.76. The molecule has 1 aromatic carbocycles. The van der Waals surface area contributed by atoms with Crippen molar-refractivity contribution in [1.29, 1.82) is 0 Å². The van der Waals surface area contributed by atoms with Crippen molar-refractivity contribution in [2.24, 2.45) is 0 Å². The van der Waals surface area contributed by atoms with Crippen LogP contribution < -0.4 is 5.32 Å². The van der Waals surface area contributed by atoms with Gasteiger partial charge in [0.05, 0.1) is 12.2 Å². The molecular weight excluding hydrogens is 260 g/mol. The van der Waals surface area contributed by atoms with Crippen molar-refractivity contribution < 1.29 is 4.74 Å². The van der Waals surface area contributed by atoms with Gasteiger partial charge >= 0.3 is 0 Å². The third-order valence-corrected chi connectivity index (χ3v) is 4.74. The molecule has 4 atom stereocenters. The first-order valence-corrected chi connectivity index (χ1v) is 8.39. The molecule has 1 aromatic rings. The second kappa shape index (κ2) is 6.47. The molecule has 1 N–H and O–H groups in total. The van der Waals surface area contributed by atoms with Crippen molar-refractivity contribution in [3.05, 3.63) is 35.4 Å². The molecule has 0 spiro atoms. The molecule has 4 unspecified atom stereocenters. The minimum Gasteiger partial charge on any atom is -0.373 e. The number of nitrogens with one attached hydrogen (secondary N) is 1. The summed E-state index contributed by atoms with van der Waals surface area (Å²) < 4.78 is 5.91. The number of hydrogen-bond donors (Lipinski definition) is 1. The van der Waals surface area contributed by atoms with E-state index < -0.39 is 0 Å². The third-order valence-electron chi connectivity index (χ3n) is 4.74. The summed E-state index contributed by atoms with van der Waals surface area (Å²) in [6.45, 7) is 9.81. The Bertz CT molecular complexity index is 466. The van der Waals surface area contributed by atoms with Gasteiger partial charge in [0.2, 0.25) is 0 Å². The van der Waals surface area contributed by atoms with Gasteiger partial charge in [-0.25, -0.2) is 0 Å². The molecule has 21 heavy (non-hydrogen) atoms. The van der Waals surface area contributed by atoms with E-state index in [0.29, 0.717) is 24.3 Å². The SMILES string of the molecule is CCCNC1c2ccccc2CC1N1CC(C)OC(C)C1. The fourth-order valence-electron chi connectivity index (χ4n) is 3.95. The van der Waals surface area contributed by atoms with E-state index in [-0.39, 0.29) is 0 Å². The summed E-state index contributed by atoms with van der Waals surface area (Å²) in [4.78, 5) is 2.64. The van der Waals surface area contributed by atoms with E-state index in [0.717, 1.165) is 26.1 Å². The average Bonchev–Trinajstić information content (AvgIpc) is 2.83. The molecule has 1 aliphatic carbocycles. The van der Waals surface area contributed by atoms with Crippen molar-refractivity contribution in [3.63, 3.8) is 0 Å². The Morgan fingerprint density at radius 1 is 1.19 bits per heavy atom. The van der Waals surface area contributed by atoms with E-state index in [1.165, 1.54) is 17.5 Å². The smallest absolute Gasteiger partial charge is 0.0678 e. The highest BCUT2D eigenvalue weighted by Gasteiger charge is 2.38. The van der Waals surface area contributed by atoms with Gasteiger partial charge in [0, 0.05) is 25.2 Å². The van der Waals surface area contributed by atoms with Crippen molar-refractivity contribution in [1.82, 2.24) is 10.2 Å². The maximum atomic E-state index is 5.91. The fraction of sp³-hybridized carbons (Fsp3) is 0.667. The van der Waals surface area contributed by atoms with Crippen LogP contribution in [0.4, 0.5) is 0 Å². The minimum atomic E-state index is 0.337. The fourth-order valence-corrected chi connectivity index (χ4v) is 3.95. The molecule has 3 heteroatoms. The minimum absolute atomic E-state index is 0.337. The Hall–Kier alpha value is -0.900. The second-order valence-corrected chi connectivity index (χ2v) is 6.61. The van der Waals surface area contributed by atoms with Gasteiger partial charge in [-0.05, 0) is 44.4 Å². The van der Waals surface area contributed by atoms with Crippen LogP contribution in [-0.4, -0.2) is 42.8 Å². The Morgan fingerprint density at radius 3 is 2.62 bits per heavy atom. The van der Waals surface area contributed by atoms with E-state index in [9.17, 15) is 0 Å². The molecule has 1 fully saturated rings. The van der Waals surface area contributed by atoms with Gasteiger partial charge in [-0.2, -0.15) is 0 Å². The van der Waals surface area contributed by atoms with Crippen LogP contribution in [-0.2, 0) is 11.2 Å². The van der Waals surface area contributed by atoms with Crippen LogP contribution in [0.3, 0.4) is 0 Å². The van der Waals surface area contributed by atoms with Crippen LogP contribution in [0.15, 0.2) is 24.3 Å². The summed E-state index contributed by atoms with van der Waals surface area (Å²) in [7, 11) is 0. The molecule has 3 nitrogen and oxygen atoms in total. The largest absolute Gasteiger partial charge is 0.373 e. The normalized spacial score (nSPS) is 33.1. The maximum absolute atomic E-state index is 5.91. The molecule has 1 aliphatic heterocycles. The predicted molar refractivity (Wildman–Crippen MR) is 86.6 cm³/mol. The molecule has 0 bridgehead atoms. The number of nitrogens with zero attached hydrogens (tertiary/aromatic N) is 1. The van der Waals surface area contributed by atoms with Gasteiger partial charge in [0.1, 0.15) is 0 Å². The van der Waals surface area contributed by atoms with Crippen LogP contribution in [0.25, 0.3) is 0 Å². The van der Waals surface area contributed by atoms with Crippen LogP contribution in [0.5, 0.6) is 0 Å². The molecule has 0 radical (unpaired) electrons. The number of ether oxygens (including phenoxy) is 1.